The van der Waals surface area contributed by atoms with Crippen LogP contribution in [0, 0.1) is 0 Å². The van der Waals surface area contributed by atoms with Crippen LogP contribution in [-0.2, 0) is 16.6 Å². The summed E-state index contributed by atoms with van der Waals surface area (Å²) < 4.78 is 0. The van der Waals surface area contributed by atoms with E-state index < -0.39 is 5.41 Å². The molecule has 0 heterocycles. The van der Waals surface area contributed by atoms with Gasteiger partial charge >= 0.3 is 0 Å². The largest absolute Gasteiger partial charge is 0.299 e. The molecule has 0 amide bonds. The van der Waals surface area contributed by atoms with E-state index in [0.29, 0.717) is 16.5 Å². The fourth-order valence-corrected chi connectivity index (χ4v) is 2.70. The first-order valence-electron chi connectivity index (χ1n) is 4.94. The molecule has 0 bridgehead atoms. The third kappa shape index (κ3) is 1.68. The maximum Gasteiger partial charge on any atom is 0.143 e. The molecule has 0 aromatic heterocycles. The quantitative estimate of drug-likeness (QED) is 0.677. The summed E-state index contributed by atoms with van der Waals surface area (Å²) in [5, 5.41) is 1.28. The minimum absolute atomic E-state index is 0.258. The number of carbonyl (C=O) groups excluding carboxylic acids is 1. The van der Waals surface area contributed by atoms with Crippen LogP contribution in [0.2, 0.25) is 10.0 Å². The van der Waals surface area contributed by atoms with Crippen LogP contribution in [0.1, 0.15) is 31.4 Å². The Morgan fingerprint density at radius 2 is 1.87 bits per heavy atom. The van der Waals surface area contributed by atoms with Gasteiger partial charge in [-0.2, -0.15) is 0 Å². The van der Waals surface area contributed by atoms with Crippen LogP contribution in [0.5, 0.6) is 0 Å². The summed E-state index contributed by atoms with van der Waals surface area (Å²) in [5.41, 5.74) is 1.60. The fraction of sp³-hybridized carbons (Fsp3) is 0.417. The Morgan fingerprint density at radius 1 is 1.20 bits per heavy atom. The molecular weight excluding hydrogens is 231 g/mol. The topological polar surface area (TPSA) is 17.1 Å². The summed E-state index contributed by atoms with van der Waals surface area (Å²) in [6.07, 6.45) is 1.30. The number of ketones is 1. The summed E-state index contributed by atoms with van der Waals surface area (Å²) in [6, 6.07) is 3.60. The van der Waals surface area contributed by atoms with Crippen LogP contribution >= 0.6 is 23.2 Å². The highest BCUT2D eigenvalue weighted by atomic mass is 35.5. The van der Waals surface area contributed by atoms with Gasteiger partial charge in [0.25, 0.3) is 0 Å². The van der Waals surface area contributed by atoms with Crippen LogP contribution in [0.4, 0.5) is 0 Å². The van der Waals surface area contributed by atoms with E-state index in [1.807, 2.05) is 19.9 Å². The van der Waals surface area contributed by atoms with Gasteiger partial charge in [0.15, 0.2) is 0 Å². The molecule has 0 saturated carbocycles. The van der Waals surface area contributed by atoms with Crippen molar-refractivity contribution in [3.8, 4) is 0 Å². The van der Waals surface area contributed by atoms with Gasteiger partial charge in [-0.3, -0.25) is 4.79 Å². The zero-order valence-corrected chi connectivity index (χ0v) is 10.2. The summed E-state index contributed by atoms with van der Waals surface area (Å²) in [5.74, 6) is 0.258. The van der Waals surface area contributed by atoms with E-state index in [1.165, 1.54) is 0 Å². The van der Waals surface area contributed by atoms with E-state index in [0.717, 1.165) is 17.5 Å². The fourth-order valence-electron chi connectivity index (χ4n) is 2.12. The number of fused-ring (bicyclic) bond motifs is 1. The minimum Gasteiger partial charge on any atom is -0.299 e. The van der Waals surface area contributed by atoms with Gasteiger partial charge in [-0.05, 0) is 43.5 Å². The molecule has 0 fully saturated rings. The molecule has 15 heavy (non-hydrogen) atoms. The maximum atomic E-state index is 11.8. The van der Waals surface area contributed by atoms with Crippen LogP contribution in [-0.4, -0.2) is 5.78 Å². The standard InChI is InChI=1S/C12H12Cl2O/c1-12(2)9-5-7(13)6-10(14)8(9)3-4-11(12)15/h5-6H,3-4H2,1-2H3. The average Bonchev–Trinajstić information content (AvgIpc) is 2.12. The van der Waals surface area contributed by atoms with Gasteiger partial charge in [0.1, 0.15) is 5.78 Å². The first-order valence-corrected chi connectivity index (χ1v) is 5.70. The highest BCUT2D eigenvalue weighted by Gasteiger charge is 2.36. The minimum atomic E-state index is -0.456. The summed E-state index contributed by atoms with van der Waals surface area (Å²) >= 11 is 12.1. The zero-order chi connectivity index (χ0) is 11.2. The molecule has 1 aromatic carbocycles. The van der Waals surface area contributed by atoms with Crippen molar-refractivity contribution in [2.45, 2.75) is 32.1 Å². The molecule has 3 heteroatoms. The lowest BCUT2D eigenvalue weighted by atomic mass is 9.72. The second-order valence-electron chi connectivity index (χ2n) is 4.46. The molecule has 1 nitrogen and oxygen atoms in total. The van der Waals surface area contributed by atoms with E-state index in [9.17, 15) is 4.79 Å². The third-order valence-electron chi connectivity index (χ3n) is 3.13. The van der Waals surface area contributed by atoms with Crippen molar-refractivity contribution in [3.63, 3.8) is 0 Å². The number of Topliss-reactive ketones (excluding diaryl/α,β-unsaturated/α-hetero) is 1. The van der Waals surface area contributed by atoms with E-state index in [1.54, 1.807) is 6.07 Å². The average molecular weight is 243 g/mol. The van der Waals surface area contributed by atoms with Crippen molar-refractivity contribution in [2.75, 3.05) is 0 Å². The lowest BCUT2D eigenvalue weighted by Gasteiger charge is -2.31. The van der Waals surface area contributed by atoms with E-state index >= 15 is 0 Å². The predicted molar refractivity (Wildman–Crippen MR) is 62.8 cm³/mol. The van der Waals surface area contributed by atoms with Crippen molar-refractivity contribution < 1.29 is 4.79 Å². The molecule has 1 aliphatic carbocycles. The highest BCUT2D eigenvalue weighted by molar-refractivity contribution is 6.35. The summed E-state index contributed by atoms with van der Waals surface area (Å²) in [4.78, 5) is 11.8. The SMILES string of the molecule is CC1(C)C(=O)CCc2c(Cl)cc(Cl)cc21. The summed E-state index contributed by atoms with van der Waals surface area (Å²) in [7, 11) is 0. The van der Waals surface area contributed by atoms with E-state index in [4.69, 9.17) is 23.2 Å². The van der Waals surface area contributed by atoms with Gasteiger partial charge in [-0.25, -0.2) is 0 Å². The molecule has 80 valence electrons. The normalized spacial score (nSPS) is 18.8. The van der Waals surface area contributed by atoms with Crippen molar-refractivity contribution in [2.24, 2.45) is 0 Å². The molecule has 1 aliphatic rings. The molecule has 0 aliphatic heterocycles. The Bertz CT molecular complexity index is 435. The van der Waals surface area contributed by atoms with Gasteiger partial charge in [-0.15, -0.1) is 0 Å². The summed E-state index contributed by atoms with van der Waals surface area (Å²) in [6.45, 7) is 3.86. The molecule has 0 saturated heterocycles. The first kappa shape index (κ1) is 11.0. The Morgan fingerprint density at radius 3 is 2.53 bits per heavy atom. The van der Waals surface area contributed by atoms with E-state index in [2.05, 4.69) is 0 Å². The maximum absolute atomic E-state index is 11.8. The second kappa shape index (κ2) is 3.50. The molecule has 0 spiro atoms. The van der Waals surface area contributed by atoms with E-state index in [-0.39, 0.29) is 5.78 Å². The first-order chi connectivity index (χ1) is 6.93. The number of hydrogen-bond acceptors (Lipinski definition) is 1. The molecular formula is C12H12Cl2O. The van der Waals surface area contributed by atoms with Gasteiger partial charge in [-0.1, -0.05) is 23.2 Å². The number of halogens is 2. The smallest absolute Gasteiger partial charge is 0.143 e. The molecule has 2 rings (SSSR count). The Hall–Kier alpha value is -0.530. The number of rotatable bonds is 0. The molecule has 0 unspecified atom stereocenters. The van der Waals surface area contributed by atoms with Crippen LogP contribution < -0.4 is 0 Å². The van der Waals surface area contributed by atoms with Crippen molar-refractivity contribution in [1.82, 2.24) is 0 Å². The van der Waals surface area contributed by atoms with Gasteiger partial charge < -0.3 is 0 Å². The molecule has 1 aromatic rings. The zero-order valence-electron chi connectivity index (χ0n) is 8.73. The van der Waals surface area contributed by atoms with Crippen LogP contribution in [0.15, 0.2) is 12.1 Å². The molecule has 0 atom stereocenters. The van der Waals surface area contributed by atoms with Crippen molar-refractivity contribution in [1.29, 1.82) is 0 Å². The van der Waals surface area contributed by atoms with Crippen LogP contribution in [0.25, 0.3) is 0 Å². The predicted octanol–water partition coefficient (Wildman–Crippen LogP) is 3.79. The van der Waals surface area contributed by atoms with Gasteiger partial charge in [0, 0.05) is 21.9 Å². The number of hydrogen-bond donors (Lipinski definition) is 0. The third-order valence-corrected chi connectivity index (χ3v) is 3.69. The highest BCUT2D eigenvalue weighted by Crippen LogP contribution is 2.39. The molecule has 0 N–H and O–H groups in total. The van der Waals surface area contributed by atoms with Crippen molar-refractivity contribution >= 4 is 29.0 Å². The Balaban J connectivity index is 2.69. The molecule has 0 radical (unpaired) electrons. The lowest BCUT2D eigenvalue weighted by Crippen LogP contribution is -2.34. The monoisotopic (exact) mass is 242 g/mol. The lowest BCUT2D eigenvalue weighted by molar-refractivity contribution is -0.124. The second-order valence-corrected chi connectivity index (χ2v) is 5.31. The van der Waals surface area contributed by atoms with Gasteiger partial charge in [0.2, 0.25) is 0 Å². The van der Waals surface area contributed by atoms with Crippen molar-refractivity contribution in [3.05, 3.63) is 33.3 Å². The van der Waals surface area contributed by atoms with Crippen LogP contribution in [0.3, 0.4) is 0 Å². The Kier molecular flexibility index (Phi) is 2.56. The van der Waals surface area contributed by atoms with Gasteiger partial charge in [0.05, 0.1) is 0 Å². The number of benzene rings is 1. The Labute approximate surface area is 99.4 Å². The number of carbonyl (C=O) groups is 1.